The topological polar surface area (TPSA) is 51.4 Å². The van der Waals surface area contributed by atoms with Gasteiger partial charge in [-0.1, -0.05) is 33.1 Å². The number of nitrogens with two attached hydrogens (primary N) is 1. The van der Waals surface area contributed by atoms with Gasteiger partial charge in [0.05, 0.1) is 12.3 Å². The van der Waals surface area contributed by atoms with E-state index in [1.54, 1.807) is 0 Å². The van der Waals surface area contributed by atoms with E-state index in [4.69, 9.17) is 10.5 Å². The molecule has 0 bridgehead atoms. The fourth-order valence-corrected chi connectivity index (χ4v) is 2.65. The van der Waals surface area contributed by atoms with E-state index in [9.17, 15) is 0 Å². The van der Waals surface area contributed by atoms with E-state index < -0.39 is 0 Å². The molecule has 20 heavy (non-hydrogen) atoms. The Bertz CT molecular complexity index is 428. The van der Waals surface area contributed by atoms with Crippen molar-refractivity contribution in [2.24, 2.45) is 5.92 Å². The van der Waals surface area contributed by atoms with Gasteiger partial charge in [0.1, 0.15) is 5.82 Å². The van der Waals surface area contributed by atoms with E-state index in [0.29, 0.717) is 30.1 Å². The number of hydrogen-bond donors (Lipinski definition) is 1. The van der Waals surface area contributed by atoms with Gasteiger partial charge < -0.3 is 15.4 Å². The third-order valence-corrected chi connectivity index (χ3v) is 3.91. The second-order valence-corrected chi connectivity index (χ2v) is 6.17. The number of nitrogen functional groups attached to an aromatic ring is 1. The molecule has 0 unspecified atom stereocenters. The molecular formula is C16H27N3O. The zero-order chi connectivity index (χ0) is 14.5. The SMILES string of the molecule is CC(C)COc1nc(N(C)C2CCCCC2)ccc1N. The summed E-state index contributed by atoms with van der Waals surface area (Å²) in [6.45, 7) is 4.89. The summed E-state index contributed by atoms with van der Waals surface area (Å²) in [7, 11) is 2.13. The number of rotatable bonds is 5. The Kier molecular flexibility index (Phi) is 5.10. The van der Waals surface area contributed by atoms with Gasteiger partial charge in [-0.05, 0) is 30.9 Å². The summed E-state index contributed by atoms with van der Waals surface area (Å²) in [5, 5.41) is 0. The summed E-state index contributed by atoms with van der Waals surface area (Å²) >= 11 is 0. The van der Waals surface area contributed by atoms with Crippen molar-refractivity contribution in [2.75, 3.05) is 24.3 Å². The lowest BCUT2D eigenvalue weighted by atomic mass is 9.94. The molecular weight excluding hydrogens is 250 g/mol. The van der Waals surface area contributed by atoms with Crippen LogP contribution in [-0.2, 0) is 0 Å². The molecule has 1 saturated carbocycles. The molecule has 0 amide bonds. The first-order chi connectivity index (χ1) is 9.58. The van der Waals surface area contributed by atoms with Crippen LogP contribution in [0, 0.1) is 5.92 Å². The Morgan fingerprint density at radius 2 is 2.00 bits per heavy atom. The molecule has 0 aromatic carbocycles. The maximum Gasteiger partial charge on any atom is 0.239 e. The zero-order valence-electron chi connectivity index (χ0n) is 12.9. The molecule has 0 saturated heterocycles. The molecule has 4 nitrogen and oxygen atoms in total. The summed E-state index contributed by atoms with van der Waals surface area (Å²) in [5.74, 6) is 2.00. The normalized spacial score (nSPS) is 16.4. The third-order valence-electron chi connectivity index (χ3n) is 3.91. The lowest BCUT2D eigenvalue weighted by Crippen LogP contribution is -2.34. The lowest BCUT2D eigenvalue weighted by molar-refractivity contribution is 0.263. The molecule has 2 N–H and O–H groups in total. The van der Waals surface area contributed by atoms with Gasteiger partial charge in [0.15, 0.2) is 0 Å². The molecule has 2 rings (SSSR count). The van der Waals surface area contributed by atoms with Crippen LogP contribution in [0.2, 0.25) is 0 Å². The monoisotopic (exact) mass is 277 g/mol. The molecule has 1 aromatic heterocycles. The van der Waals surface area contributed by atoms with E-state index in [2.05, 4.69) is 30.8 Å². The van der Waals surface area contributed by atoms with Crippen LogP contribution >= 0.6 is 0 Å². The fraction of sp³-hybridized carbons (Fsp3) is 0.688. The molecule has 4 heteroatoms. The van der Waals surface area contributed by atoms with E-state index in [1.165, 1.54) is 32.1 Å². The first kappa shape index (κ1) is 14.9. The van der Waals surface area contributed by atoms with Crippen LogP contribution in [0.5, 0.6) is 5.88 Å². The predicted molar refractivity (Wildman–Crippen MR) is 84.3 cm³/mol. The average Bonchev–Trinajstić information content (AvgIpc) is 2.46. The highest BCUT2D eigenvalue weighted by atomic mass is 16.5. The minimum atomic E-state index is 0.468. The summed E-state index contributed by atoms with van der Waals surface area (Å²) in [4.78, 5) is 6.88. The standard InChI is InChI=1S/C16H27N3O/c1-12(2)11-20-16-14(17)9-10-15(18-16)19(3)13-7-5-4-6-8-13/h9-10,12-13H,4-8,11,17H2,1-3H3. The largest absolute Gasteiger partial charge is 0.476 e. The summed E-state index contributed by atoms with van der Waals surface area (Å²) in [5.41, 5.74) is 6.57. The van der Waals surface area contributed by atoms with E-state index in [-0.39, 0.29) is 0 Å². The van der Waals surface area contributed by atoms with E-state index in [0.717, 1.165) is 5.82 Å². The number of ether oxygens (including phenoxy) is 1. The number of anilines is 2. The minimum absolute atomic E-state index is 0.468. The van der Waals surface area contributed by atoms with Crippen LogP contribution < -0.4 is 15.4 Å². The number of nitrogens with zero attached hydrogens (tertiary/aromatic N) is 2. The second-order valence-electron chi connectivity index (χ2n) is 6.17. The van der Waals surface area contributed by atoms with Crippen LogP contribution in [0.15, 0.2) is 12.1 Å². The van der Waals surface area contributed by atoms with Crippen LogP contribution in [0.3, 0.4) is 0 Å². The Hall–Kier alpha value is -1.45. The van der Waals surface area contributed by atoms with Crippen LogP contribution in [-0.4, -0.2) is 24.7 Å². The van der Waals surface area contributed by atoms with Gasteiger partial charge >= 0.3 is 0 Å². The lowest BCUT2D eigenvalue weighted by Gasteiger charge is -2.32. The first-order valence-electron chi connectivity index (χ1n) is 7.70. The Labute approximate surface area is 122 Å². The first-order valence-corrected chi connectivity index (χ1v) is 7.70. The zero-order valence-corrected chi connectivity index (χ0v) is 12.9. The van der Waals surface area contributed by atoms with Gasteiger partial charge in [-0.25, -0.2) is 0 Å². The molecule has 0 radical (unpaired) electrons. The van der Waals surface area contributed by atoms with Crippen molar-refractivity contribution in [2.45, 2.75) is 52.0 Å². The van der Waals surface area contributed by atoms with Gasteiger partial charge in [0.25, 0.3) is 0 Å². The predicted octanol–water partition coefficient (Wildman–Crippen LogP) is 3.47. The number of hydrogen-bond acceptors (Lipinski definition) is 4. The van der Waals surface area contributed by atoms with E-state index >= 15 is 0 Å². The van der Waals surface area contributed by atoms with Gasteiger partial charge in [-0.3, -0.25) is 0 Å². The Balaban J connectivity index is 2.08. The third kappa shape index (κ3) is 3.78. The maximum absolute atomic E-state index is 5.95. The van der Waals surface area contributed by atoms with Crippen molar-refractivity contribution in [3.63, 3.8) is 0 Å². The minimum Gasteiger partial charge on any atom is -0.476 e. The molecule has 1 fully saturated rings. The highest BCUT2D eigenvalue weighted by Crippen LogP contribution is 2.28. The molecule has 0 spiro atoms. The summed E-state index contributed by atoms with van der Waals surface area (Å²) < 4.78 is 5.71. The molecule has 1 aliphatic rings. The van der Waals surface area contributed by atoms with Crippen molar-refractivity contribution < 1.29 is 4.74 Å². The van der Waals surface area contributed by atoms with Gasteiger partial charge in [0.2, 0.25) is 5.88 Å². The summed E-state index contributed by atoms with van der Waals surface area (Å²) in [6, 6.07) is 4.49. The highest BCUT2D eigenvalue weighted by molar-refractivity contribution is 5.54. The van der Waals surface area contributed by atoms with Gasteiger partial charge in [-0.2, -0.15) is 4.98 Å². The molecule has 0 atom stereocenters. The molecule has 0 aliphatic heterocycles. The molecule has 1 heterocycles. The van der Waals surface area contributed by atoms with Crippen molar-refractivity contribution in [1.82, 2.24) is 4.98 Å². The fourth-order valence-electron chi connectivity index (χ4n) is 2.65. The van der Waals surface area contributed by atoms with Crippen molar-refractivity contribution >= 4 is 11.5 Å². The van der Waals surface area contributed by atoms with Crippen LogP contribution in [0.4, 0.5) is 11.5 Å². The average molecular weight is 277 g/mol. The quantitative estimate of drug-likeness (QED) is 0.895. The molecule has 1 aromatic rings. The molecule has 112 valence electrons. The van der Waals surface area contributed by atoms with Crippen molar-refractivity contribution in [3.05, 3.63) is 12.1 Å². The van der Waals surface area contributed by atoms with Gasteiger partial charge in [-0.15, -0.1) is 0 Å². The van der Waals surface area contributed by atoms with Crippen molar-refractivity contribution in [1.29, 1.82) is 0 Å². The van der Waals surface area contributed by atoms with Gasteiger partial charge in [0, 0.05) is 13.1 Å². The Morgan fingerprint density at radius 3 is 2.65 bits per heavy atom. The Morgan fingerprint density at radius 1 is 1.30 bits per heavy atom. The molecule has 1 aliphatic carbocycles. The smallest absolute Gasteiger partial charge is 0.239 e. The second kappa shape index (κ2) is 6.82. The van der Waals surface area contributed by atoms with E-state index in [1.807, 2.05) is 12.1 Å². The van der Waals surface area contributed by atoms with Crippen LogP contribution in [0.25, 0.3) is 0 Å². The number of pyridine rings is 1. The van der Waals surface area contributed by atoms with Crippen molar-refractivity contribution in [3.8, 4) is 5.88 Å². The summed E-state index contributed by atoms with van der Waals surface area (Å²) in [6.07, 6.45) is 6.51. The highest BCUT2D eigenvalue weighted by Gasteiger charge is 2.20. The maximum atomic E-state index is 5.95. The van der Waals surface area contributed by atoms with Crippen LogP contribution in [0.1, 0.15) is 46.0 Å². The number of aromatic nitrogens is 1.